The molecule has 0 bridgehead atoms. The standard InChI is InChI=1S/C15H25NS/c1-2-14(15-11-8-12-17-15)16-13-9-6-4-3-5-7-10-13/h8,11-14,16H,2-7,9-10H2,1H3. The van der Waals surface area contributed by atoms with Crippen molar-refractivity contribution in [3.63, 3.8) is 0 Å². The summed E-state index contributed by atoms with van der Waals surface area (Å²) in [5.41, 5.74) is 0. The summed E-state index contributed by atoms with van der Waals surface area (Å²) in [6.07, 6.45) is 11.1. The predicted molar refractivity (Wildman–Crippen MR) is 76.6 cm³/mol. The van der Waals surface area contributed by atoms with Crippen molar-refractivity contribution in [3.05, 3.63) is 22.4 Å². The third-order valence-corrected chi connectivity index (χ3v) is 4.82. The molecule has 1 aliphatic rings. The maximum absolute atomic E-state index is 3.89. The lowest BCUT2D eigenvalue weighted by molar-refractivity contribution is 0.351. The van der Waals surface area contributed by atoms with Crippen LogP contribution in [0.4, 0.5) is 0 Å². The van der Waals surface area contributed by atoms with Crippen molar-refractivity contribution >= 4 is 11.3 Å². The van der Waals surface area contributed by atoms with Gasteiger partial charge in [0, 0.05) is 17.0 Å². The Morgan fingerprint density at radius 1 is 1.24 bits per heavy atom. The molecule has 17 heavy (non-hydrogen) atoms. The lowest BCUT2D eigenvalue weighted by Gasteiger charge is -2.26. The molecule has 2 heteroatoms. The quantitative estimate of drug-likeness (QED) is 0.802. The van der Waals surface area contributed by atoms with Gasteiger partial charge < -0.3 is 5.32 Å². The maximum atomic E-state index is 3.89. The van der Waals surface area contributed by atoms with Crippen LogP contribution in [-0.4, -0.2) is 6.04 Å². The lowest BCUT2D eigenvalue weighted by atomic mass is 9.96. The molecule has 0 radical (unpaired) electrons. The molecule has 1 aliphatic carbocycles. The van der Waals surface area contributed by atoms with Crippen LogP contribution in [0.2, 0.25) is 0 Å². The van der Waals surface area contributed by atoms with Gasteiger partial charge in [0.15, 0.2) is 0 Å². The van der Waals surface area contributed by atoms with Crippen molar-refractivity contribution in [2.45, 2.75) is 70.4 Å². The Balaban J connectivity index is 1.88. The second-order valence-corrected chi connectivity index (χ2v) is 6.16. The molecule has 2 rings (SSSR count). The average Bonchev–Trinajstić information content (AvgIpc) is 2.81. The molecule has 1 saturated carbocycles. The molecule has 0 saturated heterocycles. The Labute approximate surface area is 110 Å². The molecule has 1 unspecified atom stereocenters. The van der Waals surface area contributed by atoms with Crippen molar-refractivity contribution in [2.75, 3.05) is 0 Å². The van der Waals surface area contributed by atoms with Crippen LogP contribution in [0.15, 0.2) is 17.5 Å². The van der Waals surface area contributed by atoms with Gasteiger partial charge in [-0.25, -0.2) is 0 Å². The summed E-state index contributed by atoms with van der Waals surface area (Å²) in [6, 6.07) is 5.78. The number of rotatable bonds is 4. The average molecular weight is 251 g/mol. The highest BCUT2D eigenvalue weighted by atomic mass is 32.1. The lowest BCUT2D eigenvalue weighted by Crippen LogP contribution is -2.32. The van der Waals surface area contributed by atoms with E-state index in [1.54, 1.807) is 0 Å². The second-order valence-electron chi connectivity index (χ2n) is 5.18. The van der Waals surface area contributed by atoms with Crippen LogP contribution in [0.25, 0.3) is 0 Å². The van der Waals surface area contributed by atoms with E-state index >= 15 is 0 Å². The van der Waals surface area contributed by atoms with Crippen LogP contribution in [-0.2, 0) is 0 Å². The molecule has 96 valence electrons. The van der Waals surface area contributed by atoms with Gasteiger partial charge in [0.2, 0.25) is 0 Å². The molecule has 0 aromatic carbocycles. The van der Waals surface area contributed by atoms with Gasteiger partial charge in [0.05, 0.1) is 0 Å². The van der Waals surface area contributed by atoms with E-state index in [-0.39, 0.29) is 0 Å². The number of thiophene rings is 1. The normalized spacial score (nSPS) is 20.8. The SMILES string of the molecule is CCC(NC1CCCCCCC1)c1cccs1. The van der Waals surface area contributed by atoms with Crippen molar-refractivity contribution in [3.8, 4) is 0 Å². The van der Waals surface area contributed by atoms with Crippen LogP contribution in [0.5, 0.6) is 0 Å². The van der Waals surface area contributed by atoms with Gasteiger partial charge in [-0.2, -0.15) is 0 Å². The van der Waals surface area contributed by atoms with Gasteiger partial charge in [-0.05, 0) is 30.7 Å². The van der Waals surface area contributed by atoms with Crippen molar-refractivity contribution < 1.29 is 0 Å². The number of hydrogen-bond donors (Lipinski definition) is 1. The first kappa shape index (κ1) is 13.1. The van der Waals surface area contributed by atoms with Crippen molar-refractivity contribution in [1.82, 2.24) is 5.32 Å². The summed E-state index contributed by atoms with van der Waals surface area (Å²) in [6.45, 7) is 2.29. The molecular weight excluding hydrogens is 226 g/mol. The molecular formula is C15H25NS. The van der Waals surface area contributed by atoms with Gasteiger partial charge in [-0.3, -0.25) is 0 Å². The summed E-state index contributed by atoms with van der Waals surface area (Å²) >= 11 is 1.89. The van der Waals surface area contributed by atoms with Crippen LogP contribution < -0.4 is 5.32 Å². The fourth-order valence-corrected chi connectivity index (χ4v) is 3.67. The fraction of sp³-hybridized carbons (Fsp3) is 0.733. The minimum Gasteiger partial charge on any atom is -0.306 e. The largest absolute Gasteiger partial charge is 0.306 e. The maximum Gasteiger partial charge on any atom is 0.0414 e. The van der Waals surface area contributed by atoms with Gasteiger partial charge in [0.25, 0.3) is 0 Å². The monoisotopic (exact) mass is 251 g/mol. The number of hydrogen-bond acceptors (Lipinski definition) is 2. The zero-order chi connectivity index (χ0) is 11.9. The van der Waals surface area contributed by atoms with Gasteiger partial charge in [-0.1, -0.05) is 45.1 Å². The van der Waals surface area contributed by atoms with E-state index in [4.69, 9.17) is 0 Å². The van der Waals surface area contributed by atoms with E-state index in [1.807, 2.05) is 11.3 Å². The zero-order valence-electron chi connectivity index (χ0n) is 11.0. The van der Waals surface area contributed by atoms with E-state index in [9.17, 15) is 0 Å². The second kappa shape index (κ2) is 7.17. The molecule has 1 heterocycles. The summed E-state index contributed by atoms with van der Waals surface area (Å²) in [4.78, 5) is 1.51. The van der Waals surface area contributed by atoms with Crippen LogP contribution in [0.3, 0.4) is 0 Å². The summed E-state index contributed by atoms with van der Waals surface area (Å²) < 4.78 is 0. The zero-order valence-corrected chi connectivity index (χ0v) is 11.8. The summed E-state index contributed by atoms with van der Waals surface area (Å²) in [7, 11) is 0. The topological polar surface area (TPSA) is 12.0 Å². The molecule has 0 aliphatic heterocycles. The highest BCUT2D eigenvalue weighted by molar-refractivity contribution is 7.10. The Hall–Kier alpha value is -0.340. The molecule has 1 nitrogen and oxygen atoms in total. The molecule has 1 N–H and O–H groups in total. The molecule has 0 spiro atoms. The van der Waals surface area contributed by atoms with E-state index in [0.717, 1.165) is 6.04 Å². The molecule has 1 atom stereocenters. The first-order valence-electron chi connectivity index (χ1n) is 7.19. The van der Waals surface area contributed by atoms with E-state index in [0.29, 0.717) is 6.04 Å². The molecule has 0 amide bonds. The highest BCUT2D eigenvalue weighted by Gasteiger charge is 2.17. The van der Waals surface area contributed by atoms with Gasteiger partial charge in [-0.15, -0.1) is 11.3 Å². The predicted octanol–water partition coefficient (Wildman–Crippen LogP) is 4.90. The van der Waals surface area contributed by atoms with Crippen LogP contribution >= 0.6 is 11.3 Å². The Kier molecular flexibility index (Phi) is 5.53. The minimum absolute atomic E-state index is 0.583. The third kappa shape index (κ3) is 4.11. The van der Waals surface area contributed by atoms with Crippen molar-refractivity contribution in [1.29, 1.82) is 0 Å². The van der Waals surface area contributed by atoms with E-state index in [1.165, 1.54) is 56.2 Å². The van der Waals surface area contributed by atoms with Crippen LogP contribution in [0.1, 0.15) is 69.2 Å². The first-order valence-corrected chi connectivity index (χ1v) is 8.07. The Bertz CT molecular complexity index is 286. The van der Waals surface area contributed by atoms with E-state index in [2.05, 4.69) is 29.8 Å². The fourth-order valence-electron chi connectivity index (χ4n) is 2.80. The molecule has 1 aromatic rings. The first-order chi connectivity index (χ1) is 8.40. The smallest absolute Gasteiger partial charge is 0.0414 e. The Morgan fingerprint density at radius 2 is 1.94 bits per heavy atom. The number of nitrogens with one attached hydrogen (secondary N) is 1. The van der Waals surface area contributed by atoms with Crippen LogP contribution in [0, 0.1) is 0 Å². The summed E-state index contributed by atoms with van der Waals surface area (Å²) in [5.74, 6) is 0. The molecule has 1 fully saturated rings. The summed E-state index contributed by atoms with van der Waals surface area (Å²) in [5, 5.41) is 6.08. The molecule has 1 aromatic heterocycles. The third-order valence-electron chi connectivity index (χ3n) is 3.84. The van der Waals surface area contributed by atoms with Gasteiger partial charge in [0.1, 0.15) is 0 Å². The van der Waals surface area contributed by atoms with Gasteiger partial charge >= 0.3 is 0 Å². The Morgan fingerprint density at radius 3 is 2.53 bits per heavy atom. The van der Waals surface area contributed by atoms with Crippen molar-refractivity contribution in [2.24, 2.45) is 0 Å². The van der Waals surface area contributed by atoms with E-state index < -0.39 is 0 Å². The minimum atomic E-state index is 0.583. The highest BCUT2D eigenvalue weighted by Crippen LogP contribution is 2.25.